The van der Waals surface area contributed by atoms with E-state index < -0.39 is 0 Å². The Morgan fingerprint density at radius 2 is 1.96 bits per heavy atom. The van der Waals surface area contributed by atoms with Gasteiger partial charge in [0.15, 0.2) is 11.5 Å². The second-order valence-corrected chi connectivity index (χ2v) is 6.82. The summed E-state index contributed by atoms with van der Waals surface area (Å²) in [5.41, 5.74) is 1.88. The molecule has 136 valence electrons. The number of carbonyl (C=O) groups excluding carboxylic acids is 1. The highest BCUT2D eigenvalue weighted by Crippen LogP contribution is 2.40. The number of ether oxygens (including phenoxy) is 3. The summed E-state index contributed by atoms with van der Waals surface area (Å²) >= 11 is 3.41. The van der Waals surface area contributed by atoms with E-state index in [1.54, 1.807) is 31.2 Å². The maximum absolute atomic E-state index is 12.4. The molecule has 5 nitrogen and oxygen atoms in total. The van der Waals surface area contributed by atoms with Crippen molar-refractivity contribution >= 4 is 27.9 Å². The van der Waals surface area contributed by atoms with Gasteiger partial charge in [0.2, 0.25) is 11.7 Å². The second kappa shape index (κ2) is 8.27. The lowest BCUT2D eigenvalue weighted by molar-refractivity contribution is -0.125. The van der Waals surface area contributed by atoms with E-state index in [2.05, 4.69) is 15.9 Å². The van der Waals surface area contributed by atoms with Gasteiger partial charge in [0.25, 0.3) is 0 Å². The molecule has 0 atom stereocenters. The van der Waals surface area contributed by atoms with Gasteiger partial charge in [-0.15, -0.1) is 0 Å². The average Bonchev–Trinajstić information content (AvgIpc) is 2.67. The molecule has 26 heavy (non-hydrogen) atoms. The van der Waals surface area contributed by atoms with E-state index in [0.717, 1.165) is 15.6 Å². The predicted molar refractivity (Wildman–Crippen MR) is 104 cm³/mol. The van der Waals surface area contributed by atoms with Crippen molar-refractivity contribution in [3.63, 3.8) is 0 Å². The van der Waals surface area contributed by atoms with Gasteiger partial charge in [0.1, 0.15) is 13.2 Å². The van der Waals surface area contributed by atoms with E-state index in [4.69, 9.17) is 14.2 Å². The van der Waals surface area contributed by atoms with Crippen molar-refractivity contribution in [2.24, 2.45) is 0 Å². The third kappa shape index (κ3) is 4.38. The molecule has 0 aliphatic carbocycles. The fourth-order valence-corrected chi connectivity index (χ4v) is 2.89. The van der Waals surface area contributed by atoms with E-state index in [0.29, 0.717) is 37.0 Å². The molecule has 0 N–H and O–H groups in total. The van der Waals surface area contributed by atoms with Gasteiger partial charge in [-0.25, -0.2) is 0 Å². The molecule has 2 aromatic rings. The molecule has 0 fully saturated rings. The Kier molecular flexibility index (Phi) is 5.83. The summed E-state index contributed by atoms with van der Waals surface area (Å²) in [5.74, 6) is 1.75. The highest BCUT2D eigenvalue weighted by Gasteiger charge is 2.18. The number of carbonyl (C=O) groups is 1. The lowest BCUT2D eigenvalue weighted by Gasteiger charge is -2.21. The fourth-order valence-electron chi connectivity index (χ4n) is 2.63. The quantitative estimate of drug-likeness (QED) is 0.692. The van der Waals surface area contributed by atoms with Crippen LogP contribution in [0, 0.1) is 0 Å². The van der Waals surface area contributed by atoms with Gasteiger partial charge in [0.05, 0.1) is 7.11 Å². The van der Waals surface area contributed by atoms with Crippen molar-refractivity contribution in [3.8, 4) is 17.2 Å². The van der Waals surface area contributed by atoms with Crippen LogP contribution in [0.1, 0.15) is 11.1 Å². The number of benzene rings is 2. The van der Waals surface area contributed by atoms with E-state index >= 15 is 0 Å². The maximum Gasteiger partial charge on any atom is 0.246 e. The summed E-state index contributed by atoms with van der Waals surface area (Å²) in [6.07, 6.45) is 3.30. The number of amides is 1. The SMILES string of the molecule is COc1cc(/C=C/C(=O)N(C)Cc2ccc(Br)cc2)cc2c1OCCO2. The van der Waals surface area contributed by atoms with E-state index in [-0.39, 0.29) is 5.91 Å². The Balaban J connectivity index is 1.70. The number of fused-ring (bicyclic) bond motifs is 1. The highest BCUT2D eigenvalue weighted by molar-refractivity contribution is 9.10. The van der Waals surface area contributed by atoms with Crippen LogP contribution in [0.3, 0.4) is 0 Å². The van der Waals surface area contributed by atoms with Gasteiger partial charge < -0.3 is 19.1 Å². The lowest BCUT2D eigenvalue weighted by atomic mass is 10.1. The molecule has 1 aliphatic rings. The smallest absolute Gasteiger partial charge is 0.246 e. The average molecular weight is 418 g/mol. The number of likely N-dealkylation sites (N-methyl/N-ethyl adjacent to an activating group) is 1. The Labute approximate surface area is 161 Å². The Hall–Kier alpha value is -2.47. The molecule has 0 saturated carbocycles. The van der Waals surface area contributed by atoms with Gasteiger partial charge in [0, 0.05) is 24.1 Å². The number of nitrogens with zero attached hydrogens (tertiary/aromatic N) is 1. The zero-order chi connectivity index (χ0) is 18.5. The molecule has 6 heteroatoms. The summed E-state index contributed by atoms with van der Waals surface area (Å²) in [6, 6.07) is 11.6. The van der Waals surface area contributed by atoms with Crippen LogP contribution in [0.25, 0.3) is 6.08 Å². The number of rotatable bonds is 5. The molecule has 3 rings (SSSR count). The first kappa shape index (κ1) is 18.3. The summed E-state index contributed by atoms with van der Waals surface area (Å²) < 4.78 is 17.6. The third-order valence-electron chi connectivity index (χ3n) is 3.98. The van der Waals surface area contributed by atoms with Crippen LogP contribution < -0.4 is 14.2 Å². The Bertz CT molecular complexity index is 800. The minimum atomic E-state index is -0.0817. The van der Waals surface area contributed by atoms with Crippen molar-refractivity contribution in [2.75, 3.05) is 27.4 Å². The molecule has 1 heterocycles. The van der Waals surface area contributed by atoms with Crippen molar-refractivity contribution < 1.29 is 19.0 Å². The topological polar surface area (TPSA) is 48.0 Å². The molecule has 2 aromatic carbocycles. The molecule has 0 aromatic heterocycles. The molecule has 0 radical (unpaired) electrons. The molecule has 1 aliphatic heterocycles. The van der Waals surface area contributed by atoms with Crippen LogP contribution in [-0.2, 0) is 11.3 Å². The molecule has 1 amide bonds. The predicted octanol–water partition coefficient (Wildman–Crippen LogP) is 3.90. The maximum atomic E-state index is 12.4. The van der Waals surface area contributed by atoms with Gasteiger partial charge in [-0.05, 0) is 41.5 Å². The van der Waals surface area contributed by atoms with Crippen LogP contribution in [0.2, 0.25) is 0 Å². The van der Waals surface area contributed by atoms with Crippen LogP contribution in [-0.4, -0.2) is 38.2 Å². The fraction of sp³-hybridized carbons (Fsp3) is 0.250. The van der Waals surface area contributed by atoms with Crippen molar-refractivity contribution in [1.82, 2.24) is 4.90 Å². The Morgan fingerprint density at radius 3 is 2.69 bits per heavy atom. The molecule has 0 saturated heterocycles. The zero-order valence-electron chi connectivity index (χ0n) is 14.7. The van der Waals surface area contributed by atoms with Crippen molar-refractivity contribution in [3.05, 3.63) is 58.1 Å². The standard InChI is InChI=1S/C20H20BrNO4/c1-22(13-14-3-6-16(21)7-4-14)19(23)8-5-15-11-17(24-2)20-18(12-15)25-9-10-26-20/h3-8,11-12H,9-10,13H2,1-2H3/b8-5+. The normalized spacial score (nSPS) is 12.9. The third-order valence-corrected chi connectivity index (χ3v) is 4.51. The number of hydrogen-bond acceptors (Lipinski definition) is 4. The van der Waals surface area contributed by atoms with Gasteiger partial charge in [-0.3, -0.25) is 4.79 Å². The lowest BCUT2D eigenvalue weighted by Crippen LogP contribution is -2.24. The minimum Gasteiger partial charge on any atom is -0.493 e. The summed E-state index contributed by atoms with van der Waals surface area (Å²) in [6.45, 7) is 1.54. The number of halogens is 1. The number of methoxy groups -OCH3 is 1. The largest absolute Gasteiger partial charge is 0.493 e. The first-order valence-corrected chi connectivity index (χ1v) is 9.01. The monoisotopic (exact) mass is 417 g/mol. The highest BCUT2D eigenvalue weighted by atomic mass is 79.9. The van der Waals surface area contributed by atoms with Crippen LogP contribution in [0.5, 0.6) is 17.2 Å². The van der Waals surface area contributed by atoms with Crippen molar-refractivity contribution in [1.29, 1.82) is 0 Å². The molecule has 0 unspecified atom stereocenters. The van der Waals surface area contributed by atoms with Crippen LogP contribution in [0.15, 0.2) is 46.9 Å². The van der Waals surface area contributed by atoms with Gasteiger partial charge in [-0.1, -0.05) is 28.1 Å². The van der Waals surface area contributed by atoms with E-state index in [1.165, 1.54) is 0 Å². The van der Waals surface area contributed by atoms with Gasteiger partial charge in [-0.2, -0.15) is 0 Å². The second-order valence-electron chi connectivity index (χ2n) is 5.90. The summed E-state index contributed by atoms with van der Waals surface area (Å²) in [5, 5.41) is 0. The Morgan fingerprint density at radius 1 is 1.23 bits per heavy atom. The van der Waals surface area contributed by atoms with Crippen molar-refractivity contribution in [2.45, 2.75) is 6.54 Å². The first-order valence-electron chi connectivity index (χ1n) is 8.22. The first-order chi connectivity index (χ1) is 12.6. The number of hydrogen-bond donors (Lipinski definition) is 0. The minimum absolute atomic E-state index is 0.0817. The summed E-state index contributed by atoms with van der Waals surface area (Å²) in [4.78, 5) is 14.0. The van der Waals surface area contributed by atoms with Crippen LogP contribution >= 0.6 is 15.9 Å². The summed E-state index contributed by atoms with van der Waals surface area (Å²) in [7, 11) is 3.36. The van der Waals surface area contributed by atoms with E-state index in [9.17, 15) is 4.79 Å². The molecule has 0 bridgehead atoms. The van der Waals surface area contributed by atoms with Gasteiger partial charge >= 0.3 is 0 Å². The molecular formula is C20H20BrNO4. The van der Waals surface area contributed by atoms with E-state index in [1.807, 2.05) is 36.4 Å². The molecular weight excluding hydrogens is 398 g/mol. The molecule has 0 spiro atoms. The van der Waals surface area contributed by atoms with Crippen LogP contribution in [0.4, 0.5) is 0 Å². The zero-order valence-corrected chi connectivity index (χ0v) is 16.3.